The summed E-state index contributed by atoms with van der Waals surface area (Å²) in [5.74, 6) is 0.251. The second-order valence-corrected chi connectivity index (χ2v) is 6.08. The van der Waals surface area contributed by atoms with E-state index in [1.54, 1.807) is 23.9 Å². The maximum atomic E-state index is 12.6. The molecule has 6 nitrogen and oxygen atoms in total. The lowest BCUT2D eigenvalue weighted by Crippen LogP contribution is -2.14. The molecule has 0 unspecified atom stereocenters. The molecule has 0 radical (unpaired) electrons. The molecule has 0 aliphatic heterocycles. The van der Waals surface area contributed by atoms with Crippen molar-refractivity contribution in [2.75, 3.05) is 5.32 Å². The largest absolute Gasteiger partial charge is 0.319 e. The fraction of sp³-hybridized carbons (Fsp3) is 0.0526. The van der Waals surface area contributed by atoms with Crippen LogP contribution >= 0.6 is 11.6 Å². The van der Waals surface area contributed by atoms with Crippen molar-refractivity contribution in [3.63, 3.8) is 0 Å². The third-order valence-electron chi connectivity index (χ3n) is 3.95. The Morgan fingerprint density at radius 3 is 2.77 bits per heavy atom. The fourth-order valence-electron chi connectivity index (χ4n) is 2.73. The van der Waals surface area contributed by atoms with Crippen molar-refractivity contribution < 1.29 is 4.79 Å². The number of halogens is 1. The standard InChI is InChI=1S/C19H14ClN5O/c1-12-22-18(24-25(12)17-10-3-2-7-14(17)20)19(26)23-16-9-4-8-15-13(16)6-5-11-21-15/h2-11H,1H3,(H,23,26). The second-order valence-electron chi connectivity index (χ2n) is 5.68. The molecule has 0 saturated heterocycles. The number of nitrogens with zero attached hydrogens (tertiary/aromatic N) is 4. The molecular weight excluding hydrogens is 350 g/mol. The topological polar surface area (TPSA) is 72.7 Å². The van der Waals surface area contributed by atoms with Gasteiger partial charge in [-0.25, -0.2) is 9.67 Å². The van der Waals surface area contributed by atoms with Gasteiger partial charge in [0.05, 0.1) is 21.9 Å². The molecule has 0 spiro atoms. The SMILES string of the molecule is Cc1nc(C(=O)Nc2cccc3ncccc23)nn1-c1ccccc1Cl. The number of carbonyl (C=O) groups is 1. The summed E-state index contributed by atoms with van der Waals surface area (Å²) < 4.78 is 1.56. The van der Waals surface area contributed by atoms with Crippen LogP contribution < -0.4 is 5.32 Å². The number of hydrogen-bond acceptors (Lipinski definition) is 4. The highest BCUT2D eigenvalue weighted by molar-refractivity contribution is 6.32. The van der Waals surface area contributed by atoms with E-state index in [0.29, 0.717) is 22.2 Å². The van der Waals surface area contributed by atoms with Gasteiger partial charge in [-0.15, -0.1) is 5.10 Å². The first kappa shape index (κ1) is 16.2. The van der Waals surface area contributed by atoms with E-state index in [1.165, 1.54) is 0 Å². The quantitative estimate of drug-likeness (QED) is 0.596. The highest BCUT2D eigenvalue weighted by Crippen LogP contribution is 2.23. The number of rotatable bonds is 3. The van der Waals surface area contributed by atoms with Crippen molar-refractivity contribution in [3.8, 4) is 5.69 Å². The average Bonchev–Trinajstić information content (AvgIpc) is 3.04. The summed E-state index contributed by atoms with van der Waals surface area (Å²) in [6.45, 7) is 1.77. The molecule has 128 valence electrons. The van der Waals surface area contributed by atoms with Crippen molar-refractivity contribution >= 4 is 34.1 Å². The highest BCUT2D eigenvalue weighted by atomic mass is 35.5. The Hall–Kier alpha value is -3.25. The molecule has 2 aromatic heterocycles. The van der Waals surface area contributed by atoms with Crippen molar-refractivity contribution in [2.24, 2.45) is 0 Å². The van der Waals surface area contributed by atoms with Crippen LogP contribution in [-0.2, 0) is 0 Å². The number of nitrogens with one attached hydrogen (secondary N) is 1. The van der Waals surface area contributed by atoms with Gasteiger partial charge in [0.25, 0.3) is 5.91 Å². The summed E-state index contributed by atoms with van der Waals surface area (Å²) >= 11 is 6.22. The second kappa shape index (κ2) is 6.57. The van der Waals surface area contributed by atoms with Gasteiger partial charge in [0.2, 0.25) is 5.82 Å². The van der Waals surface area contributed by atoms with Gasteiger partial charge in [0.15, 0.2) is 0 Å². The first-order chi connectivity index (χ1) is 12.6. The van der Waals surface area contributed by atoms with Gasteiger partial charge >= 0.3 is 0 Å². The number of pyridine rings is 1. The van der Waals surface area contributed by atoms with E-state index in [1.807, 2.05) is 48.5 Å². The Kier molecular flexibility index (Phi) is 4.10. The number of hydrogen-bond donors (Lipinski definition) is 1. The van der Waals surface area contributed by atoms with Crippen LogP contribution in [-0.4, -0.2) is 25.7 Å². The number of amides is 1. The number of para-hydroxylation sites is 1. The summed E-state index contributed by atoms with van der Waals surface area (Å²) in [5.41, 5.74) is 2.14. The summed E-state index contributed by atoms with van der Waals surface area (Å²) in [4.78, 5) is 21.2. The number of anilines is 1. The zero-order valence-electron chi connectivity index (χ0n) is 13.8. The number of aromatic nitrogens is 4. The van der Waals surface area contributed by atoms with E-state index in [-0.39, 0.29) is 5.82 Å². The minimum absolute atomic E-state index is 0.0725. The maximum Gasteiger partial charge on any atom is 0.295 e. The third kappa shape index (κ3) is 2.91. The molecule has 0 fully saturated rings. The smallest absolute Gasteiger partial charge is 0.295 e. The Labute approximate surface area is 154 Å². The molecule has 1 N–H and O–H groups in total. The van der Waals surface area contributed by atoms with E-state index < -0.39 is 5.91 Å². The molecular formula is C19H14ClN5O. The van der Waals surface area contributed by atoms with Crippen molar-refractivity contribution in [2.45, 2.75) is 6.92 Å². The first-order valence-electron chi connectivity index (χ1n) is 7.97. The Morgan fingerprint density at radius 2 is 1.92 bits per heavy atom. The van der Waals surface area contributed by atoms with Gasteiger partial charge in [-0.3, -0.25) is 9.78 Å². The predicted octanol–water partition coefficient (Wildman–Crippen LogP) is 4.03. The van der Waals surface area contributed by atoms with Gasteiger partial charge in [-0.2, -0.15) is 0 Å². The van der Waals surface area contributed by atoms with E-state index in [4.69, 9.17) is 11.6 Å². The minimum Gasteiger partial charge on any atom is -0.319 e. The van der Waals surface area contributed by atoms with Crippen LogP contribution in [0.4, 0.5) is 5.69 Å². The molecule has 2 aromatic carbocycles. The zero-order valence-corrected chi connectivity index (χ0v) is 14.6. The molecule has 1 amide bonds. The number of benzene rings is 2. The molecule has 0 bridgehead atoms. The lowest BCUT2D eigenvalue weighted by molar-refractivity contribution is 0.101. The molecule has 4 rings (SSSR count). The van der Waals surface area contributed by atoms with Crippen LogP contribution in [0.5, 0.6) is 0 Å². The number of aryl methyl sites for hydroxylation is 1. The number of fused-ring (bicyclic) bond motifs is 1. The Morgan fingerprint density at radius 1 is 1.08 bits per heavy atom. The molecule has 4 aromatic rings. The van der Waals surface area contributed by atoms with Gasteiger partial charge < -0.3 is 5.32 Å². The normalized spacial score (nSPS) is 10.8. The third-order valence-corrected chi connectivity index (χ3v) is 4.27. The first-order valence-corrected chi connectivity index (χ1v) is 8.35. The van der Waals surface area contributed by atoms with Crippen LogP contribution in [0.15, 0.2) is 60.8 Å². The fourth-order valence-corrected chi connectivity index (χ4v) is 2.94. The Bertz CT molecular complexity index is 1120. The van der Waals surface area contributed by atoms with Crippen LogP contribution in [0.3, 0.4) is 0 Å². The molecule has 2 heterocycles. The van der Waals surface area contributed by atoms with Crippen molar-refractivity contribution in [1.82, 2.24) is 19.7 Å². The van der Waals surface area contributed by atoms with Gasteiger partial charge in [-0.05, 0) is 43.3 Å². The van der Waals surface area contributed by atoms with Crippen LogP contribution in [0.25, 0.3) is 16.6 Å². The summed E-state index contributed by atoms with van der Waals surface area (Å²) in [5, 5.41) is 8.56. The molecule has 7 heteroatoms. The van der Waals surface area contributed by atoms with Crippen molar-refractivity contribution in [3.05, 3.63) is 77.5 Å². The van der Waals surface area contributed by atoms with E-state index in [9.17, 15) is 4.79 Å². The molecule has 0 aliphatic carbocycles. The minimum atomic E-state index is -0.393. The lowest BCUT2D eigenvalue weighted by Gasteiger charge is -2.06. The summed E-state index contributed by atoms with van der Waals surface area (Å²) in [6.07, 6.45) is 1.71. The van der Waals surface area contributed by atoms with Gasteiger partial charge in [0.1, 0.15) is 5.82 Å². The van der Waals surface area contributed by atoms with Crippen LogP contribution in [0.2, 0.25) is 5.02 Å². The highest BCUT2D eigenvalue weighted by Gasteiger charge is 2.17. The van der Waals surface area contributed by atoms with E-state index >= 15 is 0 Å². The predicted molar refractivity (Wildman–Crippen MR) is 101 cm³/mol. The molecule has 0 atom stereocenters. The van der Waals surface area contributed by atoms with Gasteiger partial charge in [0, 0.05) is 11.6 Å². The van der Waals surface area contributed by atoms with Crippen LogP contribution in [0, 0.1) is 6.92 Å². The summed E-state index contributed by atoms with van der Waals surface area (Å²) in [6, 6.07) is 16.5. The molecule has 26 heavy (non-hydrogen) atoms. The maximum absolute atomic E-state index is 12.6. The van der Waals surface area contributed by atoms with E-state index in [2.05, 4.69) is 20.4 Å². The number of carbonyl (C=O) groups excluding carboxylic acids is 1. The molecule has 0 saturated carbocycles. The Balaban J connectivity index is 1.67. The summed E-state index contributed by atoms with van der Waals surface area (Å²) in [7, 11) is 0. The lowest BCUT2D eigenvalue weighted by atomic mass is 10.2. The molecule has 0 aliphatic rings. The van der Waals surface area contributed by atoms with Crippen LogP contribution in [0.1, 0.15) is 16.4 Å². The monoisotopic (exact) mass is 363 g/mol. The zero-order chi connectivity index (χ0) is 18.1. The van der Waals surface area contributed by atoms with Crippen molar-refractivity contribution in [1.29, 1.82) is 0 Å². The van der Waals surface area contributed by atoms with E-state index in [0.717, 1.165) is 10.9 Å². The average molecular weight is 364 g/mol. The van der Waals surface area contributed by atoms with Gasteiger partial charge in [-0.1, -0.05) is 29.8 Å².